The van der Waals surface area contributed by atoms with Gasteiger partial charge in [0.1, 0.15) is 6.54 Å². The average molecular weight is 461 g/mol. The number of nitrogens with zero attached hydrogens (tertiary/aromatic N) is 5. The highest BCUT2D eigenvalue weighted by molar-refractivity contribution is 5.76. The van der Waals surface area contributed by atoms with Crippen LogP contribution in [-0.4, -0.2) is 60.5 Å². The molecule has 7 nitrogen and oxygen atoms in total. The summed E-state index contributed by atoms with van der Waals surface area (Å²) in [6.45, 7) is 4.62. The molecular formula is C23H26F3N5O2. The minimum absolute atomic E-state index is 0.0275. The Balaban J connectivity index is 1.54. The minimum Gasteiger partial charge on any atom is -0.384 e. The fourth-order valence-corrected chi connectivity index (χ4v) is 5.08. The number of anilines is 1. The number of carbonyl (C=O) groups is 1. The molecule has 1 aromatic heterocycles. The van der Waals surface area contributed by atoms with E-state index < -0.39 is 11.7 Å². The van der Waals surface area contributed by atoms with Gasteiger partial charge in [-0.2, -0.15) is 23.5 Å². The van der Waals surface area contributed by atoms with E-state index in [1.165, 1.54) is 6.07 Å². The summed E-state index contributed by atoms with van der Waals surface area (Å²) in [7, 11) is 1.62. The average Bonchev–Trinajstić information content (AvgIpc) is 3.35. The summed E-state index contributed by atoms with van der Waals surface area (Å²) in [5, 5.41) is 13.4. The van der Waals surface area contributed by atoms with Crippen LogP contribution in [0.5, 0.6) is 0 Å². The maximum atomic E-state index is 13.5. The summed E-state index contributed by atoms with van der Waals surface area (Å²) in [6, 6.07) is 7.32. The van der Waals surface area contributed by atoms with Crippen LogP contribution in [0.15, 0.2) is 30.5 Å². The molecule has 2 aromatic rings. The van der Waals surface area contributed by atoms with Gasteiger partial charge in [0.05, 0.1) is 29.5 Å². The number of aryl methyl sites for hydroxylation is 1. The molecule has 1 amide bonds. The van der Waals surface area contributed by atoms with Crippen LogP contribution in [0, 0.1) is 29.6 Å². The van der Waals surface area contributed by atoms with Gasteiger partial charge in [0, 0.05) is 56.5 Å². The van der Waals surface area contributed by atoms with E-state index in [0.717, 1.165) is 11.8 Å². The highest BCUT2D eigenvalue weighted by Gasteiger charge is 2.50. The molecule has 2 aliphatic rings. The van der Waals surface area contributed by atoms with Gasteiger partial charge in [0.25, 0.3) is 0 Å². The van der Waals surface area contributed by atoms with Crippen LogP contribution in [0.4, 0.5) is 18.9 Å². The number of rotatable bonds is 5. The zero-order chi connectivity index (χ0) is 23.8. The zero-order valence-electron chi connectivity index (χ0n) is 18.6. The number of benzene rings is 1. The predicted octanol–water partition coefficient (Wildman–Crippen LogP) is 3.08. The van der Waals surface area contributed by atoms with Gasteiger partial charge >= 0.3 is 6.18 Å². The standard InChI is InChI=1S/C23H26F3N5O2/c1-16-5-7-31(28-16)13-21(32)29-8-6-22(15-33-2)14-30(12-18(22)11-29)19-4-3-17(10-27)20(9-19)23(24,25)26/h3-5,7,9,18H,6,8,11-15H2,1-2H3. The number of methoxy groups -OCH3 is 1. The number of nitriles is 1. The van der Waals surface area contributed by atoms with Crippen molar-refractivity contribution < 1.29 is 22.7 Å². The van der Waals surface area contributed by atoms with Crippen LogP contribution in [0.1, 0.15) is 23.2 Å². The fraction of sp³-hybridized carbons (Fsp3) is 0.522. The summed E-state index contributed by atoms with van der Waals surface area (Å²) in [6.07, 6.45) is -2.13. The summed E-state index contributed by atoms with van der Waals surface area (Å²) in [5.41, 5.74) is -0.298. The topological polar surface area (TPSA) is 74.4 Å². The second kappa shape index (κ2) is 8.71. The summed E-state index contributed by atoms with van der Waals surface area (Å²) < 4.78 is 47.5. The second-order valence-electron chi connectivity index (χ2n) is 8.96. The molecular weight excluding hydrogens is 435 g/mol. The molecule has 2 saturated heterocycles. The monoisotopic (exact) mass is 461 g/mol. The predicted molar refractivity (Wildman–Crippen MR) is 114 cm³/mol. The number of hydrogen-bond acceptors (Lipinski definition) is 5. The number of halogens is 3. The molecule has 2 unspecified atom stereocenters. The smallest absolute Gasteiger partial charge is 0.384 e. The Hall–Kier alpha value is -3.06. The molecule has 176 valence electrons. The van der Waals surface area contributed by atoms with E-state index in [1.807, 2.05) is 22.8 Å². The first-order chi connectivity index (χ1) is 15.6. The van der Waals surface area contributed by atoms with Crippen molar-refractivity contribution in [3.05, 3.63) is 47.3 Å². The first-order valence-corrected chi connectivity index (χ1v) is 10.8. The third-order valence-corrected chi connectivity index (χ3v) is 6.78. The number of piperidine rings is 1. The van der Waals surface area contributed by atoms with E-state index in [2.05, 4.69) is 5.10 Å². The lowest BCUT2D eigenvalue weighted by molar-refractivity contribution is -0.138. The number of hydrogen-bond donors (Lipinski definition) is 0. The second-order valence-corrected chi connectivity index (χ2v) is 8.96. The number of likely N-dealkylation sites (tertiary alicyclic amines) is 1. The van der Waals surface area contributed by atoms with Crippen molar-refractivity contribution in [2.75, 3.05) is 44.8 Å². The van der Waals surface area contributed by atoms with Crippen LogP contribution >= 0.6 is 0 Å². The minimum atomic E-state index is -4.61. The molecule has 0 aliphatic carbocycles. The van der Waals surface area contributed by atoms with Crippen molar-refractivity contribution in [2.45, 2.75) is 26.1 Å². The molecule has 0 radical (unpaired) electrons. The highest BCUT2D eigenvalue weighted by Crippen LogP contribution is 2.45. The van der Waals surface area contributed by atoms with E-state index in [1.54, 1.807) is 30.1 Å². The van der Waals surface area contributed by atoms with Gasteiger partial charge in [0.2, 0.25) is 5.91 Å². The molecule has 0 spiro atoms. The van der Waals surface area contributed by atoms with E-state index >= 15 is 0 Å². The number of carbonyl (C=O) groups excluding carboxylic acids is 1. The van der Waals surface area contributed by atoms with Crippen molar-refractivity contribution in [1.82, 2.24) is 14.7 Å². The SMILES string of the molecule is COCC12CCN(C(=O)Cn3ccc(C)n3)CC1CN(c1ccc(C#N)c(C(F)(F)F)c1)C2. The van der Waals surface area contributed by atoms with Gasteiger partial charge in [0.15, 0.2) is 0 Å². The van der Waals surface area contributed by atoms with E-state index in [4.69, 9.17) is 10.00 Å². The number of ether oxygens (including phenoxy) is 1. The number of fused-ring (bicyclic) bond motifs is 1. The zero-order valence-corrected chi connectivity index (χ0v) is 18.6. The van der Waals surface area contributed by atoms with Gasteiger partial charge in [-0.3, -0.25) is 9.48 Å². The Labute approximate surface area is 190 Å². The van der Waals surface area contributed by atoms with Crippen LogP contribution < -0.4 is 4.90 Å². The van der Waals surface area contributed by atoms with Gasteiger partial charge in [-0.05, 0) is 37.6 Å². The highest BCUT2D eigenvalue weighted by atomic mass is 19.4. The normalized spacial score (nSPS) is 22.8. The van der Waals surface area contributed by atoms with Gasteiger partial charge in [-0.15, -0.1) is 0 Å². The maximum Gasteiger partial charge on any atom is 0.417 e. The molecule has 0 saturated carbocycles. The van der Waals surface area contributed by atoms with Crippen molar-refractivity contribution in [2.24, 2.45) is 11.3 Å². The van der Waals surface area contributed by atoms with E-state index in [-0.39, 0.29) is 29.3 Å². The lowest BCUT2D eigenvalue weighted by Crippen LogP contribution is -2.51. The molecule has 0 N–H and O–H groups in total. The van der Waals surface area contributed by atoms with Crippen molar-refractivity contribution >= 4 is 11.6 Å². The van der Waals surface area contributed by atoms with E-state index in [9.17, 15) is 18.0 Å². The number of alkyl halides is 3. The first-order valence-electron chi connectivity index (χ1n) is 10.8. The maximum absolute atomic E-state index is 13.5. The van der Waals surface area contributed by atoms with Gasteiger partial charge in [-0.25, -0.2) is 0 Å². The Morgan fingerprint density at radius 2 is 2.12 bits per heavy atom. The number of aromatic nitrogens is 2. The first kappa shape index (κ1) is 23.1. The largest absolute Gasteiger partial charge is 0.417 e. The Morgan fingerprint density at radius 1 is 1.33 bits per heavy atom. The molecule has 1 aromatic carbocycles. The molecule has 2 aliphatic heterocycles. The summed E-state index contributed by atoms with van der Waals surface area (Å²) in [4.78, 5) is 16.6. The lowest BCUT2D eigenvalue weighted by Gasteiger charge is -2.43. The molecule has 33 heavy (non-hydrogen) atoms. The molecule has 0 bridgehead atoms. The van der Waals surface area contributed by atoms with Crippen molar-refractivity contribution in [3.8, 4) is 6.07 Å². The fourth-order valence-electron chi connectivity index (χ4n) is 5.08. The summed E-state index contributed by atoms with van der Waals surface area (Å²) >= 11 is 0. The Bertz CT molecular complexity index is 1080. The van der Waals surface area contributed by atoms with Crippen LogP contribution in [0.25, 0.3) is 0 Å². The third-order valence-electron chi connectivity index (χ3n) is 6.78. The molecule has 2 atom stereocenters. The third kappa shape index (κ3) is 4.55. The summed E-state index contributed by atoms with van der Waals surface area (Å²) in [5.74, 6) is 0.0276. The van der Waals surface area contributed by atoms with Crippen LogP contribution in [-0.2, 0) is 22.3 Å². The Kier molecular flexibility index (Phi) is 6.10. The quantitative estimate of drug-likeness (QED) is 0.684. The molecule has 10 heteroatoms. The lowest BCUT2D eigenvalue weighted by atomic mass is 9.73. The molecule has 2 fully saturated rings. The Morgan fingerprint density at radius 3 is 2.76 bits per heavy atom. The van der Waals surface area contributed by atoms with E-state index in [0.29, 0.717) is 44.9 Å². The van der Waals surface area contributed by atoms with Gasteiger partial charge < -0.3 is 14.5 Å². The van der Waals surface area contributed by atoms with Gasteiger partial charge in [-0.1, -0.05) is 0 Å². The van der Waals surface area contributed by atoms with Crippen LogP contribution in [0.2, 0.25) is 0 Å². The number of amides is 1. The molecule has 3 heterocycles. The van der Waals surface area contributed by atoms with Crippen LogP contribution in [0.3, 0.4) is 0 Å². The van der Waals surface area contributed by atoms with Crippen molar-refractivity contribution in [3.63, 3.8) is 0 Å². The van der Waals surface area contributed by atoms with Crippen molar-refractivity contribution in [1.29, 1.82) is 5.26 Å². The molecule has 4 rings (SSSR count).